The SMILES string of the molecule is CC1(C)SCNC1[C]=O. The second-order valence-corrected chi connectivity index (χ2v) is 4.28. The molecule has 0 aliphatic carbocycles. The first-order valence-electron chi connectivity index (χ1n) is 2.92. The molecule has 1 N–H and O–H groups in total. The van der Waals surface area contributed by atoms with Gasteiger partial charge in [-0.25, -0.2) is 0 Å². The summed E-state index contributed by atoms with van der Waals surface area (Å²) < 4.78 is 0.0434. The summed E-state index contributed by atoms with van der Waals surface area (Å²) in [6.45, 7) is 4.10. The molecule has 1 heterocycles. The molecule has 3 heteroatoms. The molecule has 1 aliphatic rings. The van der Waals surface area contributed by atoms with Crippen LogP contribution in [0.15, 0.2) is 0 Å². The van der Waals surface area contributed by atoms with Crippen LogP contribution in [0.5, 0.6) is 0 Å². The molecule has 1 rings (SSSR count). The lowest BCUT2D eigenvalue weighted by atomic mass is 10.1. The normalized spacial score (nSPS) is 32.4. The Labute approximate surface area is 59.4 Å². The second-order valence-electron chi connectivity index (χ2n) is 2.65. The van der Waals surface area contributed by atoms with E-state index in [0.29, 0.717) is 0 Å². The van der Waals surface area contributed by atoms with E-state index >= 15 is 0 Å². The van der Waals surface area contributed by atoms with Gasteiger partial charge in [0.25, 0.3) is 0 Å². The molecule has 0 aromatic rings. The lowest BCUT2D eigenvalue weighted by molar-refractivity contribution is 0.504. The van der Waals surface area contributed by atoms with Crippen molar-refractivity contribution in [3.63, 3.8) is 0 Å². The summed E-state index contributed by atoms with van der Waals surface area (Å²) in [6, 6.07) is -0.0810. The highest BCUT2D eigenvalue weighted by Crippen LogP contribution is 2.31. The van der Waals surface area contributed by atoms with Crippen LogP contribution in [0.2, 0.25) is 0 Å². The Morgan fingerprint density at radius 3 is 2.67 bits per heavy atom. The topological polar surface area (TPSA) is 29.1 Å². The molecule has 9 heavy (non-hydrogen) atoms. The molecule has 0 amide bonds. The van der Waals surface area contributed by atoms with E-state index in [0.717, 1.165) is 5.88 Å². The molecule has 51 valence electrons. The molecule has 1 radical (unpaired) electrons. The van der Waals surface area contributed by atoms with Crippen LogP contribution in [0.4, 0.5) is 0 Å². The molecule has 1 saturated heterocycles. The van der Waals surface area contributed by atoms with Crippen LogP contribution in [0, 0.1) is 0 Å². The first-order valence-corrected chi connectivity index (χ1v) is 3.90. The van der Waals surface area contributed by atoms with Crippen molar-refractivity contribution in [3.8, 4) is 0 Å². The zero-order valence-corrected chi connectivity index (χ0v) is 6.42. The fraction of sp³-hybridized carbons (Fsp3) is 0.833. The van der Waals surface area contributed by atoms with Crippen LogP contribution in [-0.4, -0.2) is 23.0 Å². The molecule has 1 fully saturated rings. The van der Waals surface area contributed by atoms with Crippen molar-refractivity contribution in [1.29, 1.82) is 0 Å². The summed E-state index contributed by atoms with van der Waals surface area (Å²) >= 11 is 1.76. The van der Waals surface area contributed by atoms with Gasteiger partial charge in [0, 0.05) is 10.6 Å². The van der Waals surface area contributed by atoms with Crippen LogP contribution in [-0.2, 0) is 4.79 Å². The van der Waals surface area contributed by atoms with E-state index in [-0.39, 0.29) is 10.8 Å². The van der Waals surface area contributed by atoms with E-state index in [1.54, 1.807) is 11.8 Å². The first-order chi connectivity index (χ1) is 4.17. The van der Waals surface area contributed by atoms with Crippen LogP contribution >= 0.6 is 11.8 Å². The minimum Gasteiger partial charge on any atom is -0.297 e. The van der Waals surface area contributed by atoms with E-state index in [4.69, 9.17) is 0 Å². The molecular weight excluding hydrogens is 134 g/mol. The van der Waals surface area contributed by atoms with E-state index in [2.05, 4.69) is 5.32 Å². The summed E-state index contributed by atoms with van der Waals surface area (Å²) in [5.41, 5.74) is 0. The van der Waals surface area contributed by atoms with Gasteiger partial charge < -0.3 is 0 Å². The van der Waals surface area contributed by atoms with Crippen molar-refractivity contribution in [2.45, 2.75) is 24.6 Å². The third-order valence-electron chi connectivity index (χ3n) is 1.54. The second kappa shape index (κ2) is 2.31. The summed E-state index contributed by atoms with van der Waals surface area (Å²) in [7, 11) is 0. The highest BCUT2D eigenvalue weighted by atomic mass is 32.2. The average Bonchev–Trinajstić information content (AvgIpc) is 2.08. The van der Waals surface area contributed by atoms with Crippen LogP contribution in [0.3, 0.4) is 0 Å². The Morgan fingerprint density at radius 1 is 1.78 bits per heavy atom. The summed E-state index contributed by atoms with van der Waals surface area (Å²) in [5.74, 6) is 0.868. The molecule has 0 spiro atoms. The van der Waals surface area contributed by atoms with Crippen molar-refractivity contribution in [3.05, 3.63) is 0 Å². The minimum absolute atomic E-state index is 0.0434. The van der Waals surface area contributed by atoms with Gasteiger partial charge in [0.15, 0.2) is 0 Å². The van der Waals surface area contributed by atoms with E-state index in [1.807, 2.05) is 20.1 Å². The minimum atomic E-state index is -0.0810. The Morgan fingerprint density at radius 2 is 2.44 bits per heavy atom. The highest BCUT2D eigenvalue weighted by Gasteiger charge is 2.35. The molecule has 1 unspecified atom stereocenters. The van der Waals surface area contributed by atoms with E-state index in [1.165, 1.54) is 0 Å². The van der Waals surface area contributed by atoms with Crippen LogP contribution in [0.25, 0.3) is 0 Å². The van der Waals surface area contributed by atoms with Gasteiger partial charge in [0.2, 0.25) is 6.29 Å². The summed E-state index contributed by atoms with van der Waals surface area (Å²) in [6.07, 6.45) is 1.97. The van der Waals surface area contributed by atoms with Crippen molar-refractivity contribution in [2.75, 3.05) is 5.88 Å². The molecule has 0 aromatic heterocycles. The predicted octanol–water partition coefficient (Wildman–Crippen LogP) is 0.537. The quantitative estimate of drug-likeness (QED) is 0.582. The summed E-state index contributed by atoms with van der Waals surface area (Å²) in [4.78, 5) is 10.2. The van der Waals surface area contributed by atoms with Gasteiger partial charge in [-0.05, 0) is 13.8 Å². The van der Waals surface area contributed by atoms with Gasteiger partial charge >= 0.3 is 0 Å². The van der Waals surface area contributed by atoms with Crippen molar-refractivity contribution < 1.29 is 4.79 Å². The van der Waals surface area contributed by atoms with Gasteiger partial charge in [0.05, 0.1) is 6.04 Å². The number of rotatable bonds is 1. The largest absolute Gasteiger partial charge is 0.297 e. The zero-order valence-electron chi connectivity index (χ0n) is 5.60. The number of thioether (sulfide) groups is 1. The molecular formula is C6H10NOS. The molecule has 0 saturated carbocycles. The maximum absolute atomic E-state index is 10.2. The van der Waals surface area contributed by atoms with Crippen LogP contribution < -0.4 is 5.32 Å². The lowest BCUT2D eigenvalue weighted by Crippen LogP contribution is -2.37. The maximum atomic E-state index is 10.2. The number of carbonyl (C=O) groups excluding carboxylic acids is 1. The fourth-order valence-corrected chi connectivity index (χ4v) is 1.74. The number of hydrogen-bond donors (Lipinski definition) is 1. The average molecular weight is 144 g/mol. The third kappa shape index (κ3) is 1.27. The van der Waals surface area contributed by atoms with Gasteiger partial charge in [-0.2, -0.15) is 0 Å². The van der Waals surface area contributed by atoms with Crippen molar-refractivity contribution in [1.82, 2.24) is 5.32 Å². The van der Waals surface area contributed by atoms with Gasteiger partial charge in [-0.3, -0.25) is 10.1 Å². The van der Waals surface area contributed by atoms with Crippen molar-refractivity contribution >= 4 is 18.0 Å². The van der Waals surface area contributed by atoms with E-state index < -0.39 is 0 Å². The van der Waals surface area contributed by atoms with Gasteiger partial charge in [-0.15, -0.1) is 11.8 Å². The monoisotopic (exact) mass is 144 g/mol. The smallest absolute Gasteiger partial charge is 0.218 e. The van der Waals surface area contributed by atoms with Gasteiger partial charge in [-0.1, -0.05) is 0 Å². The highest BCUT2D eigenvalue weighted by molar-refractivity contribution is 8.00. The number of hydrogen-bond acceptors (Lipinski definition) is 3. The molecule has 0 bridgehead atoms. The Kier molecular flexibility index (Phi) is 1.82. The van der Waals surface area contributed by atoms with Gasteiger partial charge in [0.1, 0.15) is 0 Å². The maximum Gasteiger partial charge on any atom is 0.218 e. The molecule has 1 atom stereocenters. The van der Waals surface area contributed by atoms with Crippen molar-refractivity contribution in [2.24, 2.45) is 0 Å². The zero-order chi connectivity index (χ0) is 6.91. The lowest BCUT2D eigenvalue weighted by Gasteiger charge is -2.18. The fourth-order valence-electron chi connectivity index (χ4n) is 0.824. The molecule has 1 aliphatic heterocycles. The Hall–Kier alpha value is -0.0200. The third-order valence-corrected chi connectivity index (χ3v) is 2.84. The summed E-state index contributed by atoms with van der Waals surface area (Å²) in [5, 5.41) is 3.04. The molecule has 0 aromatic carbocycles. The van der Waals surface area contributed by atoms with Crippen LogP contribution in [0.1, 0.15) is 13.8 Å². The Bertz CT molecular complexity index is 124. The first kappa shape index (κ1) is 7.09. The number of nitrogens with one attached hydrogen (secondary N) is 1. The molecule has 2 nitrogen and oxygen atoms in total. The van der Waals surface area contributed by atoms with E-state index in [9.17, 15) is 4.79 Å². The Balaban J connectivity index is 2.62. The predicted molar refractivity (Wildman–Crippen MR) is 39.2 cm³/mol. The standard InChI is InChI=1S/C6H10NOS/c1-6(2)5(3-8)7-4-9-6/h5,7H,4H2,1-2H3.